The molecule has 0 spiro atoms. The molecule has 1 unspecified atom stereocenters. The fourth-order valence-electron chi connectivity index (χ4n) is 3.62. The Morgan fingerprint density at radius 2 is 1.90 bits per heavy atom. The molecule has 0 bridgehead atoms. The van der Waals surface area contributed by atoms with E-state index >= 15 is 0 Å². The van der Waals surface area contributed by atoms with Gasteiger partial charge in [-0.15, -0.1) is 0 Å². The van der Waals surface area contributed by atoms with Crippen molar-refractivity contribution in [1.82, 2.24) is 10.3 Å². The highest BCUT2D eigenvalue weighted by molar-refractivity contribution is 7.90. The van der Waals surface area contributed by atoms with Crippen molar-refractivity contribution < 1.29 is 18.3 Å². The van der Waals surface area contributed by atoms with Crippen molar-refractivity contribution in [3.8, 4) is 5.75 Å². The summed E-state index contributed by atoms with van der Waals surface area (Å²) in [7, 11) is -3.48. The number of aromatic nitrogens is 1. The highest BCUT2D eigenvalue weighted by Gasteiger charge is 2.21. The Bertz CT molecular complexity index is 1170. The number of aliphatic hydroxyl groups excluding tert-OH is 1. The monoisotopic (exact) mass is 450 g/mol. The summed E-state index contributed by atoms with van der Waals surface area (Å²) in [5.74, 6) is 0.775. The lowest BCUT2D eigenvalue weighted by Gasteiger charge is -2.17. The third kappa shape index (κ3) is 4.81. The van der Waals surface area contributed by atoms with Crippen molar-refractivity contribution in [1.29, 1.82) is 0 Å². The second-order valence-electron chi connectivity index (χ2n) is 7.51. The number of aryl methyl sites for hydroxylation is 2. The van der Waals surface area contributed by atoms with Crippen LogP contribution in [0.4, 0.5) is 0 Å². The lowest BCUT2D eigenvalue weighted by Crippen LogP contribution is -2.26. The number of rotatable bonds is 8. The smallest absolute Gasteiger partial charge is 0.177 e. The van der Waals surface area contributed by atoms with Crippen LogP contribution in [0.15, 0.2) is 35.2 Å². The molecule has 3 rings (SSSR count). The van der Waals surface area contributed by atoms with Crippen LogP contribution in [0.1, 0.15) is 28.5 Å². The van der Waals surface area contributed by atoms with Crippen LogP contribution < -0.4 is 10.1 Å². The van der Waals surface area contributed by atoms with Crippen molar-refractivity contribution in [2.24, 2.45) is 0 Å². The summed E-state index contributed by atoms with van der Waals surface area (Å²) < 4.78 is 29.8. The number of nitrogens with one attached hydrogen (secondary N) is 2. The van der Waals surface area contributed by atoms with E-state index in [0.29, 0.717) is 24.3 Å². The molecule has 0 amide bonds. The number of aliphatic hydroxyl groups is 1. The van der Waals surface area contributed by atoms with E-state index in [1.807, 2.05) is 25.1 Å². The van der Waals surface area contributed by atoms with E-state index in [1.165, 1.54) is 17.0 Å². The van der Waals surface area contributed by atoms with Crippen LogP contribution in [0.25, 0.3) is 10.9 Å². The molecule has 162 valence electrons. The zero-order valence-electron chi connectivity index (χ0n) is 17.5. The van der Waals surface area contributed by atoms with Gasteiger partial charge in [-0.25, -0.2) is 8.42 Å². The molecule has 1 aromatic heterocycles. The summed E-state index contributed by atoms with van der Waals surface area (Å²) >= 11 is 6.05. The van der Waals surface area contributed by atoms with E-state index in [9.17, 15) is 13.5 Å². The molecule has 3 aromatic rings. The summed E-state index contributed by atoms with van der Waals surface area (Å²) in [6, 6.07) is 9.14. The van der Waals surface area contributed by atoms with E-state index in [-0.39, 0.29) is 16.5 Å². The van der Waals surface area contributed by atoms with E-state index < -0.39 is 15.9 Å². The normalized spacial score (nSPS) is 13.0. The number of halogens is 1. The van der Waals surface area contributed by atoms with Crippen molar-refractivity contribution >= 4 is 32.3 Å². The summed E-state index contributed by atoms with van der Waals surface area (Å²) in [6.07, 6.45) is 0.254. The molecular formula is C22H27ClN2O4S. The molecule has 0 aliphatic rings. The second kappa shape index (κ2) is 8.98. The van der Waals surface area contributed by atoms with Gasteiger partial charge in [-0.1, -0.05) is 17.7 Å². The Morgan fingerprint density at radius 3 is 2.60 bits per heavy atom. The van der Waals surface area contributed by atoms with Crippen LogP contribution in [0.5, 0.6) is 5.75 Å². The average Bonchev–Trinajstić information content (AvgIpc) is 2.93. The minimum Gasteiger partial charge on any atom is -0.492 e. The lowest BCUT2D eigenvalue weighted by molar-refractivity contribution is 0.171. The minimum absolute atomic E-state index is 0.0641. The second-order valence-corrected chi connectivity index (χ2v) is 9.87. The van der Waals surface area contributed by atoms with Crippen LogP contribution in [0, 0.1) is 20.8 Å². The van der Waals surface area contributed by atoms with Gasteiger partial charge in [0.1, 0.15) is 12.4 Å². The van der Waals surface area contributed by atoms with Crippen molar-refractivity contribution in [2.45, 2.75) is 31.8 Å². The molecule has 0 radical (unpaired) electrons. The molecule has 0 saturated heterocycles. The van der Waals surface area contributed by atoms with Gasteiger partial charge in [0.05, 0.1) is 16.0 Å². The number of ether oxygens (including phenoxy) is 1. The third-order valence-electron chi connectivity index (χ3n) is 5.29. The maximum absolute atomic E-state index is 12.0. The van der Waals surface area contributed by atoms with Gasteiger partial charge in [-0.3, -0.25) is 0 Å². The van der Waals surface area contributed by atoms with Crippen LogP contribution in [-0.2, 0) is 9.84 Å². The van der Waals surface area contributed by atoms with Gasteiger partial charge >= 0.3 is 0 Å². The first kappa shape index (κ1) is 22.6. The molecule has 30 heavy (non-hydrogen) atoms. The largest absolute Gasteiger partial charge is 0.492 e. The highest BCUT2D eigenvalue weighted by Crippen LogP contribution is 2.30. The van der Waals surface area contributed by atoms with Gasteiger partial charge in [0.25, 0.3) is 0 Å². The van der Waals surface area contributed by atoms with Crippen LogP contribution >= 0.6 is 11.6 Å². The molecule has 1 atom stereocenters. The summed E-state index contributed by atoms with van der Waals surface area (Å²) in [6.45, 7) is 7.03. The summed E-state index contributed by atoms with van der Waals surface area (Å²) in [4.78, 5) is 3.41. The molecule has 0 aliphatic carbocycles. The number of hydrogen-bond donors (Lipinski definition) is 3. The third-order valence-corrected chi connectivity index (χ3v) is 6.99. The molecule has 2 aromatic carbocycles. The molecule has 0 saturated carbocycles. The van der Waals surface area contributed by atoms with E-state index in [1.54, 1.807) is 13.0 Å². The molecule has 0 fully saturated rings. The number of benzene rings is 2. The first-order valence-electron chi connectivity index (χ1n) is 9.69. The van der Waals surface area contributed by atoms with E-state index in [4.69, 9.17) is 16.3 Å². The number of hydrogen-bond acceptors (Lipinski definition) is 5. The zero-order valence-corrected chi connectivity index (χ0v) is 19.1. The molecule has 0 aliphatic heterocycles. The van der Waals surface area contributed by atoms with Gasteiger partial charge in [-0.05, 0) is 55.7 Å². The topological polar surface area (TPSA) is 91.4 Å². The maximum atomic E-state index is 12.0. The number of fused-ring (bicyclic) bond motifs is 1. The molecule has 1 heterocycles. The first-order chi connectivity index (χ1) is 14.1. The predicted octanol–water partition coefficient (Wildman–Crippen LogP) is 3.85. The molecular weight excluding hydrogens is 424 g/mol. The van der Waals surface area contributed by atoms with Gasteiger partial charge in [-0.2, -0.15) is 0 Å². The Kier molecular flexibility index (Phi) is 6.77. The summed E-state index contributed by atoms with van der Waals surface area (Å²) in [5.41, 5.74) is 4.44. The van der Waals surface area contributed by atoms with Gasteiger partial charge in [0.15, 0.2) is 9.84 Å². The average molecular weight is 451 g/mol. The first-order valence-corrected chi connectivity index (χ1v) is 12.0. The van der Waals surface area contributed by atoms with Crippen molar-refractivity contribution in [3.05, 3.63) is 57.7 Å². The molecule has 3 N–H and O–H groups in total. The van der Waals surface area contributed by atoms with Crippen LogP contribution in [-0.4, -0.2) is 44.5 Å². The highest BCUT2D eigenvalue weighted by atomic mass is 35.5. The lowest BCUT2D eigenvalue weighted by atomic mass is 10.0. The van der Waals surface area contributed by atoms with E-state index in [2.05, 4.69) is 17.2 Å². The van der Waals surface area contributed by atoms with Gasteiger partial charge < -0.3 is 20.1 Å². The van der Waals surface area contributed by atoms with Crippen LogP contribution in [0.3, 0.4) is 0 Å². The zero-order chi connectivity index (χ0) is 22.1. The molecule has 6 nitrogen and oxygen atoms in total. The Hall–Kier alpha value is -2.06. The van der Waals surface area contributed by atoms with Crippen molar-refractivity contribution in [3.63, 3.8) is 0 Å². The number of H-pyrrole nitrogens is 1. The van der Waals surface area contributed by atoms with E-state index in [0.717, 1.165) is 23.2 Å². The fourth-order valence-corrected chi connectivity index (χ4v) is 5.34. The van der Waals surface area contributed by atoms with Crippen LogP contribution in [0.2, 0.25) is 5.02 Å². The predicted molar refractivity (Wildman–Crippen MR) is 120 cm³/mol. The fraction of sp³-hybridized carbons (Fsp3) is 0.364. The SMILES string of the molecule is Cc1[nH]c2cc(OCCNCC(O)c3ccc(Cl)c(S(C)(=O)=O)c3C)ccc2c1C. The quantitative estimate of drug-likeness (QED) is 0.453. The number of aromatic amines is 1. The van der Waals surface area contributed by atoms with Gasteiger partial charge in [0.2, 0.25) is 0 Å². The minimum atomic E-state index is -3.48. The molecule has 8 heteroatoms. The van der Waals surface area contributed by atoms with Crippen molar-refractivity contribution in [2.75, 3.05) is 26.0 Å². The van der Waals surface area contributed by atoms with Gasteiger partial charge in [0, 0.05) is 42.0 Å². The Labute approximate surface area is 182 Å². The summed E-state index contributed by atoms with van der Waals surface area (Å²) in [5, 5.41) is 15.0. The Morgan fingerprint density at radius 1 is 1.17 bits per heavy atom. The number of sulfone groups is 1. The maximum Gasteiger partial charge on any atom is 0.177 e. The standard InChI is InChI=1S/C22H27ClN2O4S/c1-13-15(3)25-20-11-16(5-6-17(13)20)29-10-9-24-12-21(26)18-7-8-19(23)22(14(18)2)30(4,27)28/h5-8,11,21,24-26H,9-10,12H2,1-4H3. The Balaban J connectivity index is 1.55.